The molecule has 1 N–H and O–H groups in total. The summed E-state index contributed by atoms with van der Waals surface area (Å²) in [6.07, 6.45) is 12.6. The van der Waals surface area contributed by atoms with Gasteiger partial charge >= 0.3 is 0 Å². The van der Waals surface area contributed by atoms with E-state index < -0.39 is 0 Å². The molecule has 0 amide bonds. The largest absolute Gasteiger partial charge is 0.379 e. The first-order chi connectivity index (χ1) is 17.6. The van der Waals surface area contributed by atoms with Crippen LogP contribution in [0.5, 0.6) is 0 Å². The van der Waals surface area contributed by atoms with Gasteiger partial charge in [-0.1, -0.05) is 13.8 Å². The van der Waals surface area contributed by atoms with Crippen LogP contribution in [0.4, 0.5) is 0 Å². The molecule has 1 aliphatic heterocycles. The molecule has 4 aromatic heterocycles. The SMILES string of the molecule is Cc1c(C2CCC(N3CCOCC3)CC2)sc2[nH]c(-c3cn4ncnc4c4c3CCC4)c(C(C)C)c12. The van der Waals surface area contributed by atoms with Crippen molar-refractivity contribution in [1.29, 1.82) is 0 Å². The van der Waals surface area contributed by atoms with E-state index in [-0.39, 0.29) is 0 Å². The molecule has 190 valence electrons. The molecule has 1 saturated heterocycles. The number of nitrogens with one attached hydrogen (secondary N) is 1. The summed E-state index contributed by atoms with van der Waals surface area (Å²) in [7, 11) is 0. The number of aromatic nitrogens is 4. The zero-order valence-corrected chi connectivity index (χ0v) is 22.6. The van der Waals surface area contributed by atoms with E-state index in [0.717, 1.165) is 50.8 Å². The molecular weight excluding hydrogens is 466 g/mol. The van der Waals surface area contributed by atoms with Gasteiger partial charge in [-0.2, -0.15) is 5.10 Å². The number of hydrogen-bond acceptors (Lipinski definition) is 5. The van der Waals surface area contributed by atoms with E-state index in [1.165, 1.54) is 75.8 Å². The van der Waals surface area contributed by atoms with Gasteiger partial charge in [0.05, 0.1) is 18.9 Å². The van der Waals surface area contributed by atoms with E-state index in [2.05, 4.69) is 46.9 Å². The number of aryl methyl sites for hydroxylation is 2. The zero-order valence-electron chi connectivity index (χ0n) is 21.8. The third-order valence-electron chi connectivity index (χ3n) is 9.07. The smallest absolute Gasteiger partial charge is 0.158 e. The van der Waals surface area contributed by atoms with E-state index in [4.69, 9.17) is 4.74 Å². The summed E-state index contributed by atoms with van der Waals surface area (Å²) in [5, 5.41) is 6.00. The summed E-state index contributed by atoms with van der Waals surface area (Å²) in [6, 6.07) is 0.752. The normalized spacial score (nSPS) is 23.3. The highest BCUT2D eigenvalue weighted by Crippen LogP contribution is 2.48. The number of hydrogen-bond donors (Lipinski definition) is 1. The van der Waals surface area contributed by atoms with E-state index >= 15 is 0 Å². The standard InChI is InChI=1S/C29H37N5OS/c1-17(2)24-25-18(3)27(19-7-9-20(10-8-19)33-11-13-35-14-12-33)36-29(25)32-26(24)23-15-34-28(30-16-31-34)22-6-4-5-21(22)23/h15-17,19-20,32H,4-14H2,1-3H3. The zero-order chi connectivity index (χ0) is 24.4. The average Bonchev–Trinajstić information content (AvgIpc) is 3.68. The second-order valence-electron chi connectivity index (χ2n) is 11.4. The number of fused-ring (bicyclic) bond motifs is 4. The van der Waals surface area contributed by atoms with Crippen molar-refractivity contribution in [2.45, 2.75) is 83.6 Å². The molecule has 7 heteroatoms. The Balaban J connectivity index is 1.25. The van der Waals surface area contributed by atoms with Gasteiger partial charge in [0.15, 0.2) is 5.65 Å². The third kappa shape index (κ3) is 3.57. The van der Waals surface area contributed by atoms with E-state index in [0.29, 0.717) is 11.8 Å². The molecule has 3 aliphatic rings. The van der Waals surface area contributed by atoms with Gasteiger partial charge in [-0.3, -0.25) is 4.90 Å². The highest BCUT2D eigenvalue weighted by Gasteiger charge is 2.32. The van der Waals surface area contributed by atoms with Crippen molar-refractivity contribution >= 4 is 27.2 Å². The summed E-state index contributed by atoms with van der Waals surface area (Å²) in [4.78, 5) is 14.2. The Kier molecular flexibility index (Phi) is 5.71. The lowest BCUT2D eigenvalue weighted by Crippen LogP contribution is -2.44. The molecule has 0 bridgehead atoms. The molecule has 2 fully saturated rings. The predicted molar refractivity (Wildman–Crippen MR) is 146 cm³/mol. The van der Waals surface area contributed by atoms with Gasteiger partial charge < -0.3 is 9.72 Å². The highest BCUT2D eigenvalue weighted by atomic mass is 32.1. The van der Waals surface area contributed by atoms with Crippen LogP contribution in [0.2, 0.25) is 0 Å². The average molecular weight is 504 g/mol. The van der Waals surface area contributed by atoms with Crippen LogP contribution >= 0.6 is 11.3 Å². The second kappa shape index (κ2) is 8.96. The van der Waals surface area contributed by atoms with Crippen molar-refractivity contribution in [2.24, 2.45) is 0 Å². The maximum atomic E-state index is 5.58. The fourth-order valence-corrected chi connectivity index (χ4v) is 8.73. The molecule has 0 aromatic carbocycles. The fraction of sp³-hybridized carbons (Fsp3) is 0.586. The van der Waals surface area contributed by atoms with Crippen LogP contribution in [0.3, 0.4) is 0 Å². The fourth-order valence-electron chi connectivity index (χ4n) is 7.34. The Morgan fingerprint density at radius 3 is 2.64 bits per heavy atom. The number of pyridine rings is 1. The number of rotatable bonds is 4. The first-order valence-electron chi connectivity index (χ1n) is 13.9. The minimum atomic E-state index is 0.454. The molecule has 6 nitrogen and oxygen atoms in total. The monoisotopic (exact) mass is 503 g/mol. The number of morpholine rings is 1. The molecule has 0 atom stereocenters. The molecule has 5 heterocycles. The van der Waals surface area contributed by atoms with Crippen molar-refractivity contribution in [3.05, 3.63) is 39.7 Å². The van der Waals surface area contributed by atoms with Crippen molar-refractivity contribution in [2.75, 3.05) is 26.3 Å². The highest BCUT2D eigenvalue weighted by molar-refractivity contribution is 7.19. The number of nitrogens with zero attached hydrogens (tertiary/aromatic N) is 4. The summed E-state index contributed by atoms with van der Waals surface area (Å²) in [5.41, 5.74) is 9.57. The predicted octanol–water partition coefficient (Wildman–Crippen LogP) is 6.22. The minimum Gasteiger partial charge on any atom is -0.379 e. The number of ether oxygens (including phenoxy) is 1. The summed E-state index contributed by atoms with van der Waals surface area (Å²) < 4.78 is 7.57. The van der Waals surface area contributed by atoms with Gasteiger partial charge in [-0.15, -0.1) is 11.3 Å². The van der Waals surface area contributed by atoms with Crippen LogP contribution in [0.25, 0.3) is 27.1 Å². The van der Waals surface area contributed by atoms with E-state index in [9.17, 15) is 0 Å². The molecule has 0 unspecified atom stereocenters. The van der Waals surface area contributed by atoms with Crippen molar-refractivity contribution < 1.29 is 4.74 Å². The van der Waals surface area contributed by atoms with Gasteiger partial charge in [0.1, 0.15) is 11.2 Å². The first-order valence-corrected chi connectivity index (χ1v) is 14.7. The Labute approximate surface area is 217 Å². The molecule has 4 aromatic rings. The Morgan fingerprint density at radius 2 is 1.86 bits per heavy atom. The van der Waals surface area contributed by atoms with Gasteiger partial charge in [-0.05, 0) is 80.4 Å². The lowest BCUT2D eigenvalue weighted by Gasteiger charge is -2.38. The summed E-state index contributed by atoms with van der Waals surface area (Å²) >= 11 is 2.03. The lowest BCUT2D eigenvalue weighted by atomic mass is 9.83. The molecule has 2 aliphatic carbocycles. The Hall–Kier alpha value is -2.22. The van der Waals surface area contributed by atoms with Crippen LogP contribution in [-0.4, -0.2) is 56.8 Å². The number of thiophene rings is 1. The number of H-pyrrole nitrogens is 1. The van der Waals surface area contributed by atoms with Crippen molar-refractivity contribution in [3.8, 4) is 11.3 Å². The second-order valence-corrected chi connectivity index (χ2v) is 12.5. The van der Waals surface area contributed by atoms with Gasteiger partial charge in [-0.25, -0.2) is 9.50 Å². The summed E-state index contributed by atoms with van der Waals surface area (Å²) in [5.74, 6) is 1.16. The molecule has 1 saturated carbocycles. The molecule has 7 rings (SSSR count). The van der Waals surface area contributed by atoms with E-state index in [1.807, 2.05) is 15.9 Å². The minimum absolute atomic E-state index is 0.454. The van der Waals surface area contributed by atoms with Crippen LogP contribution in [0.15, 0.2) is 12.5 Å². The van der Waals surface area contributed by atoms with Crippen molar-refractivity contribution in [1.82, 2.24) is 24.5 Å². The molecular formula is C29H37N5OS. The van der Waals surface area contributed by atoms with Crippen LogP contribution in [-0.2, 0) is 17.6 Å². The molecule has 0 spiro atoms. The maximum absolute atomic E-state index is 5.58. The summed E-state index contributed by atoms with van der Waals surface area (Å²) in [6.45, 7) is 11.1. The Bertz CT molecular complexity index is 1410. The third-order valence-corrected chi connectivity index (χ3v) is 10.4. The van der Waals surface area contributed by atoms with Crippen molar-refractivity contribution in [3.63, 3.8) is 0 Å². The maximum Gasteiger partial charge on any atom is 0.158 e. The van der Waals surface area contributed by atoms with Crippen LogP contribution < -0.4 is 0 Å². The molecule has 0 radical (unpaired) electrons. The van der Waals surface area contributed by atoms with Crippen LogP contribution in [0.1, 0.15) is 84.9 Å². The van der Waals surface area contributed by atoms with Gasteiger partial charge in [0.25, 0.3) is 0 Å². The quantitative estimate of drug-likeness (QED) is 0.359. The topological polar surface area (TPSA) is 58.5 Å². The Morgan fingerprint density at radius 1 is 1.08 bits per heavy atom. The van der Waals surface area contributed by atoms with Gasteiger partial charge in [0.2, 0.25) is 0 Å². The van der Waals surface area contributed by atoms with Gasteiger partial charge in [0, 0.05) is 46.7 Å². The lowest BCUT2D eigenvalue weighted by molar-refractivity contribution is 0.00736. The molecule has 36 heavy (non-hydrogen) atoms. The van der Waals surface area contributed by atoms with E-state index in [1.54, 1.807) is 11.2 Å². The van der Waals surface area contributed by atoms with Crippen LogP contribution in [0, 0.1) is 6.92 Å². The first kappa shape index (κ1) is 22.9. The number of aromatic amines is 1.